The molecule has 1 aliphatic rings. The van der Waals surface area contributed by atoms with Gasteiger partial charge in [-0.2, -0.15) is 0 Å². The molecule has 1 heterocycles. The first kappa shape index (κ1) is 15.2. The monoisotopic (exact) mass is 323 g/mol. The van der Waals surface area contributed by atoms with Gasteiger partial charge in [-0.05, 0) is 12.1 Å². The van der Waals surface area contributed by atoms with Gasteiger partial charge in [0, 0.05) is 29.3 Å². The molecular formula is C15H11F2NO5. The van der Waals surface area contributed by atoms with Crippen molar-refractivity contribution in [3.63, 3.8) is 0 Å². The van der Waals surface area contributed by atoms with Gasteiger partial charge in [-0.1, -0.05) is 0 Å². The minimum Gasteiger partial charge on any atom is -0.486 e. The van der Waals surface area contributed by atoms with E-state index in [0.717, 1.165) is 12.1 Å². The molecule has 0 bridgehead atoms. The number of halogens is 2. The number of nitro benzene ring substituents is 1. The van der Waals surface area contributed by atoms with E-state index in [-0.39, 0.29) is 31.4 Å². The lowest BCUT2D eigenvalue weighted by molar-refractivity contribution is -0.385. The van der Waals surface area contributed by atoms with Crippen LogP contribution in [0, 0.1) is 21.7 Å². The highest BCUT2D eigenvalue weighted by atomic mass is 19.1. The third kappa shape index (κ3) is 3.21. The average Bonchev–Trinajstić information content (AvgIpc) is 2.53. The Bertz CT molecular complexity index is 766. The van der Waals surface area contributed by atoms with Crippen molar-refractivity contribution in [2.75, 3.05) is 6.79 Å². The van der Waals surface area contributed by atoms with Crippen molar-refractivity contribution in [3.8, 4) is 11.5 Å². The summed E-state index contributed by atoms with van der Waals surface area (Å²) in [5, 5.41) is 11.0. The van der Waals surface area contributed by atoms with Crippen LogP contribution in [0.4, 0.5) is 14.5 Å². The molecule has 0 aromatic heterocycles. The highest BCUT2D eigenvalue weighted by Crippen LogP contribution is 2.33. The standard InChI is InChI=1S/C15H11F2NO5/c16-11-1-2-14(13(17)5-11)22-7-10-4-12(18(19)20)3-9-6-21-8-23-15(9)10/h1-5H,6-8H2. The molecule has 0 N–H and O–H groups in total. The second kappa shape index (κ2) is 6.17. The number of rotatable bonds is 4. The van der Waals surface area contributed by atoms with E-state index in [0.29, 0.717) is 22.9 Å². The van der Waals surface area contributed by atoms with Gasteiger partial charge >= 0.3 is 0 Å². The summed E-state index contributed by atoms with van der Waals surface area (Å²) in [6.07, 6.45) is 0. The van der Waals surface area contributed by atoms with E-state index in [1.165, 1.54) is 12.1 Å². The van der Waals surface area contributed by atoms with Crippen LogP contribution in [0.2, 0.25) is 0 Å². The van der Waals surface area contributed by atoms with Crippen LogP contribution in [0.3, 0.4) is 0 Å². The molecule has 1 aliphatic heterocycles. The summed E-state index contributed by atoms with van der Waals surface area (Å²) in [6, 6.07) is 5.56. The summed E-state index contributed by atoms with van der Waals surface area (Å²) in [6.45, 7) is 0.0320. The minimum absolute atomic E-state index is 0.0166. The number of nitrogens with zero attached hydrogens (tertiary/aromatic N) is 1. The summed E-state index contributed by atoms with van der Waals surface area (Å²) < 4.78 is 42.2. The Morgan fingerprint density at radius 1 is 1.26 bits per heavy atom. The first-order valence-electron chi connectivity index (χ1n) is 6.63. The van der Waals surface area contributed by atoms with E-state index < -0.39 is 16.6 Å². The zero-order valence-electron chi connectivity index (χ0n) is 11.8. The Morgan fingerprint density at radius 2 is 2.09 bits per heavy atom. The first-order valence-corrected chi connectivity index (χ1v) is 6.63. The molecule has 2 aromatic carbocycles. The largest absolute Gasteiger partial charge is 0.486 e. The van der Waals surface area contributed by atoms with Crippen LogP contribution in [-0.2, 0) is 18.0 Å². The highest BCUT2D eigenvalue weighted by Gasteiger charge is 2.21. The summed E-state index contributed by atoms with van der Waals surface area (Å²) in [7, 11) is 0. The molecule has 0 atom stereocenters. The van der Waals surface area contributed by atoms with Crippen LogP contribution < -0.4 is 9.47 Å². The van der Waals surface area contributed by atoms with E-state index >= 15 is 0 Å². The van der Waals surface area contributed by atoms with Gasteiger partial charge in [0.1, 0.15) is 18.2 Å². The number of nitro groups is 1. The summed E-state index contributed by atoms with van der Waals surface area (Å²) in [5.74, 6) is -1.31. The normalized spacial score (nSPS) is 13.1. The molecule has 0 aliphatic carbocycles. The maximum Gasteiger partial charge on any atom is 0.270 e. The second-order valence-corrected chi connectivity index (χ2v) is 4.82. The van der Waals surface area contributed by atoms with Gasteiger partial charge in [0.05, 0.1) is 11.5 Å². The van der Waals surface area contributed by atoms with Crippen molar-refractivity contribution in [2.45, 2.75) is 13.2 Å². The van der Waals surface area contributed by atoms with Gasteiger partial charge in [-0.3, -0.25) is 10.1 Å². The van der Waals surface area contributed by atoms with Crippen LogP contribution in [-0.4, -0.2) is 11.7 Å². The molecule has 0 saturated carbocycles. The quantitative estimate of drug-likeness (QED) is 0.637. The maximum atomic E-state index is 13.6. The predicted octanol–water partition coefficient (Wildman–Crippen LogP) is 3.32. The number of non-ortho nitro benzene ring substituents is 1. The second-order valence-electron chi connectivity index (χ2n) is 4.82. The van der Waals surface area contributed by atoms with E-state index in [9.17, 15) is 18.9 Å². The lowest BCUT2D eigenvalue weighted by Crippen LogP contribution is -2.14. The number of fused-ring (bicyclic) bond motifs is 1. The van der Waals surface area contributed by atoms with Crippen molar-refractivity contribution in [3.05, 3.63) is 63.2 Å². The highest BCUT2D eigenvalue weighted by molar-refractivity contribution is 5.50. The molecule has 0 unspecified atom stereocenters. The predicted molar refractivity (Wildman–Crippen MR) is 74.1 cm³/mol. The molecule has 0 fully saturated rings. The van der Waals surface area contributed by atoms with Gasteiger partial charge in [-0.25, -0.2) is 8.78 Å². The fourth-order valence-electron chi connectivity index (χ4n) is 2.24. The van der Waals surface area contributed by atoms with Crippen molar-refractivity contribution in [1.82, 2.24) is 0 Å². The van der Waals surface area contributed by atoms with Gasteiger partial charge < -0.3 is 14.2 Å². The van der Waals surface area contributed by atoms with Crippen LogP contribution in [0.5, 0.6) is 11.5 Å². The average molecular weight is 323 g/mol. The van der Waals surface area contributed by atoms with Crippen molar-refractivity contribution in [2.24, 2.45) is 0 Å². The molecular weight excluding hydrogens is 312 g/mol. The lowest BCUT2D eigenvalue weighted by atomic mass is 10.1. The molecule has 8 heteroatoms. The van der Waals surface area contributed by atoms with Gasteiger partial charge in [-0.15, -0.1) is 0 Å². The smallest absolute Gasteiger partial charge is 0.270 e. The fraction of sp³-hybridized carbons (Fsp3) is 0.200. The number of ether oxygens (including phenoxy) is 3. The Balaban J connectivity index is 1.89. The van der Waals surface area contributed by atoms with E-state index in [1.54, 1.807) is 0 Å². The molecule has 120 valence electrons. The Labute approximate surface area is 129 Å². The molecule has 0 spiro atoms. The molecule has 3 rings (SSSR count). The third-order valence-corrected chi connectivity index (χ3v) is 3.26. The summed E-state index contributed by atoms with van der Waals surface area (Å²) in [5.41, 5.74) is 0.765. The first-order chi connectivity index (χ1) is 11.0. The fourth-order valence-corrected chi connectivity index (χ4v) is 2.24. The lowest BCUT2D eigenvalue weighted by Gasteiger charge is -2.20. The minimum atomic E-state index is -0.853. The van der Waals surface area contributed by atoms with Gasteiger partial charge in [0.2, 0.25) is 0 Å². The van der Waals surface area contributed by atoms with Crippen LogP contribution in [0.15, 0.2) is 30.3 Å². The number of benzene rings is 2. The molecule has 0 amide bonds. The Morgan fingerprint density at radius 3 is 2.83 bits per heavy atom. The molecule has 23 heavy (non-hydrogen) atoms. The third-order valence-electron chi connectivity index (χ3n) is 3.26. The Kier molecular flexibility index (Phi) is 4.07. The SMILES string of the molecule is O=[N+]([O-])c1cc2c(c(COc3ccc(F)cc3F)c1)OCOC2. The Hall–Kier alpha value is -2.74. The summed E-state index contributed by atoms with van der Waals surface area (Å²) >= 11 is 0. The van der Waals surface area contributed by atoms with Crippen LogP contribution >= 0.6 is 0 Å². The van der Waals surface area contributed by atoms with Crippen LogP contribution in [0.25, 0.3) is 0 Å². The maximum absolute atomic E-state index is 13.6. The van der Waals surface area contributed by atoms with Gasteiger partial charge in [0.15, 0.2) is 18.4 Å². The molecule has 0 saturated heterocycles. The molecule has 2 aromatic rings. The van der Waals surface area contributed by atoms with Crippen molar-refractivity contribution < 1.29 is 27.9 Å². The van der Waals surface area contributed by atoms with Crippen LogP contribution in [0.1, 0.15) is 11.1 Å². The molecule has 0 radical (unpaired) electrons. The van der Waals surface area contributed by atoms with E-state index in [4.69, 9.17) is 14.2 Å². The van der Waals surface area contributed by atoms with E-state index in [2.05, 4.69) is 0 Å². The van der Waals surface area contributed by atoms with Gasteiger partial charge in [0.25, 0.3) is 5.69 Å². The zero-order valence-corrected chi connectivity index (χ0v) is 11.8. The number of hydrogen-bond acceptors (Lipinski definition) is 5. The van der Waals surface area contributed by atoms with Crippen molar-refractivity contribution in [1.29, 1.82) is 0 Å². The topological polar surface area (TPSA) is 70.8 Å². The molecule has 6 nitrogen and oxygen atoms in total. The zero-order chi connectivity index (χ0) is 16.4. The van der Waals surface area contributed by atoms with Crippen molar-refractivity contribution >= 4 is 5.69 Å². The number of hydrogen-bond donors (Lipinski definition) is 0. The summed E-state index contributed by atoms with van der Waals surface area (Å²) in [4.78, 5) is 10.4. The van der Waals surface area contributed by atoms with E-state index in [1.807, 2.05) is 0 Å².